The Morgan fingerprint density at radius 3 is 2.95 bits per heavy atom. The first-order valence-electron chi connectivity index (χ1n) is 7.22. The molecular weight excluding hydrogens is 264 g/mol. The van der Waals surface area contributed by atoms with Crippen LogP contribution in [0.5, 0.6) is 0 Å². The molecule has 1 unspecified atom stereocenters. The van der Waals surface area contributed by atoms with E-state index in [2.05, 4.69) is 29.8 Å². The highest BCUT2D eigenvalue weighted by molar-refractivity contribution is 5.71. The predicted molar refractivity (Wildman–Crippen MR) is 80.1 cm³/mol. The number of hydrogen-bond acceptors (Lipinski definition) is 5. The third-order valence-corrected chi connectivity index (χ3v) is 3.97. The second-order valence-corrected chi connectivity index (χ2v) is 5.33. The predicted octanol–water partition coefficient (Wildman–Crippen LogP) is 2.13. The minimum absolute atomic E-state index is 0.438. The van der Waals surface area contributed by atoms with Gasteiger partial charge in [0.25, 0.3) is 0 Å². The van der Waals surface area contributed by atoms with Crippen molar-refractivity contribution in [1.29, 1.82) is 0 Å². The Hall–Kier alpha value is -2.50. The Bertz CT molecular complexity index is 739. The number of hydrogen-bond donors (Lipinski definition) is 1. The maximum Gasteiger partial charge on any atom is 0.180 e. The van der Waals surface area contributed by atoms with Gasteiger partial charge in [-0.05, 0) is 25.0 Å². The monoisotopic (exact) mass is 280 g/mol. The van der Waals surface area contributed by atoms with Crippen molar-refractivity contribution in [3.8, 4) is 0 Å². The quantitative estimate of drug-likeness (QED) is 0.778. The van der Waals surface area contributed by atoms with Crippen molar-refractivity contribution in [3.05, 3.63) is 42.7 Å². The van der Waals surface area contributed by atoms with Gasteiger partial charge in [-0.15, -0.1) is 0 Å². The van der Waals surface area contributed by atoms with Gasteiger partial charge in [-0.2, -0.15) is 0 Å². The summed E-state index contributed by atoms with van der Waals surface area (Å²) in [6.07, 6.45) is 9.39. The summed E-state index contributed by atoms with van der Waals surface area (Å²) in [6, 6.07) is 4.02. The summed E-state index contributed by atoms with van der Waals surface area (Å²) in [5.41, 5.74) is 1.54. The number of rotatable bonds is 2. The van der Waals surface area contributed by atoms with Crippen LogP contribution in [0.25, 0.3) is 11.2 Å². The number of imidazole rings is 1. The highest BCUT2D eigenvalue weighted by Gasteiger charge is 2.24. The fourth-order valence-corrected chi connectivity index (χ4v) is 2.93. The normalized spacial score (nSPS) is 19.0. The highest BCUT2D eigenvalue weighted by atomic mass is 15.2. The molecule has 0 spiro atoms. The van der Waals surface area contributed by atoms with Crippen molar-refractivity contribution in [2.75, 3.05) is 18.0 Å². The van der Waals surface area contributed by atoms with Crippen LogP contribution in [0.4, 0.5) is 5.82 Å². The average molecular weight is 280 g/mol. The number of fused-ring (bicyclic) bond motifs is 1. The Kier molecular flexibility index (Phi) is 2.99. The molecule has 4 rings (SSSR count). The van der Waals surface area contributed by atoms with Crippen molar-refractivity contribution in [3.63, 3.8) is 0 Å². The molecule has 4 heterocycles. The molecule has 0 aliphatic carbocycles. The molecule has 1 aliphatic rings. The lowest BCUT2D eigenvalue weighted by Gasteiger charge is -2.32. The van der Waals surface area contributed by atoms with Crippen LogP contribution < -0.4 is 4.90 Å². The summed E-state index contributed by atoms with van der Waals surface area (Å²) in [5.74, 6) is 2.48. The number of nitrogens with one attached hydrogen (secondary N) is 1. The van der Waals surface area contributed by atoms with Crippen LogP contribution >= 0.6 is 0 Å². The molecule has 3 aromatic rings. The molecule has 0 radical (unpaired) electrons. The number of H-pyrrole nitrogens is 1. The molecule has 1 atom stereocenters. The Morgan fingerprint density at radius 2 is 2.05 bits per heavy atom. The minimum atomic E-state index is 0.438. The SMILES string of the molecule is c1c[nH]c(C2CCCN(c3ccc4nccnc4n3)C2)n1. The fourth-order valence-electron chi connectivity index (χ4n) is 2.93. The van der Waals surface area contributed by atoms with E-state index >= 15 is 0 Å². The van der Waals surface area contributed by atoms with Gasteiger partial charge in [0.05, 0.1) is 0 Å². The van der Waals surface area contributed by atoms with Gasteiger partial charge in [-0.25, -0.2) is 15.0 Å². The lowest BCUT2D eigenvalue weighted by molar-refractivity contribution is 0.492. The zero-order valence-electron chi connectivity index (χ0n) is 11.6. The zero-order valence-corrected chi connectivity index (χ0v) is 11.6. The van der Waals surface area contributed by atoms with Gasteiger partial charge in [-0.3, -0.25) is 4.98 Å². The molecule has 1 fully saturated rings. The van der Waals surface area contributed by atoms with Crippen LogP contribution in [0.2, 0.25) is 0 Å². The van der Waals surface area contributed by atoms with Gasteiger partial charge in [0.2, 0.25) is 0 Å². The molecule has 3 aromatic heterocycles. The summed E-state index contributed by atoms with van der Waals surface area (Å²) < 4.78 is 0. The molecule has 1 aliphatic heterocycles. The molecule has 6 heteroatoms. The number of pyridine rings is 1. The zero-order chi connectivity index (χ0) is 14.1. The van der Waals surface area contributed by atoms with Gasteiger partial charge >= 0.3 is 0 Å². The van der Waals surface area contributed by atoms with Crippen LogP contribution in [0, 0.1) is 0 Å². The molecule has 0 amide bonds. The third-order valence-electron chi connectivity index (χ3n) is 3.97. The van der Waals surface area contributed by atoms with Crippen molar-refractivity contribution in [2.24, 2.45) is 0 Å². The summed E-state index contributed by atoms with van der Waals surface area (Å²) in [4.78, 5) is 23.1. The van der Waals surface area contributed by atoms with E-state index in [0.717, 1.165) is 43.1 Å². The van der Waals surface area contributed by atoms with Gasteiger partial charge < -0.3 is 9.88 Å². The van der Waals surface area contributed by atoms with E-state index in [-0.39, 0.29) is 0 Å². The molecule has 106 valence electrons. The molecule has 0 bridgehead atoms. The van der Waals surface area contributed by atoms with Crippen molar-refractivity contribution < 1.29 is 0 Å². The van der Waals surface area contributed by atoms with Gasteiger partial charge in [0.1, 0.15) is 17.2 Å². The summed E-state index contributed by atoms with van der Waals surface area (Å²) in [7, 11) is 0. The lowest BCUT2D eigenvalue weighted by Crippen LogP contribution is -2.35. The average Bonchev–Trinajstić information content (AvgIpc) is 3.09. The minimum Gasteiger partial charge on any atom is -0.356 e. The third kappa shape index (κ3) is 2.33. The second-order valence-electron chi connectivity index (χ2n) is 5.33. The van der Waals surface area contributed by atoms with Gasteiger partial charge in [-0.1, -0.05) is 0 Å². The molecule has 6 nitrogen and oxygen atoms in total. The number of nitrogens with zero attached hydrogens (tertiary/aromatic N) is 5. The van der Waals surface area contributed by atoms with Crippen LogP contribution in [0.15, 0.2) is 36.9 Å². The Labute approximate surface area is 122 Å². The molecule has 1 saturated heterocycles. The van der Waals surface area contributed by atoms with E-state index in [4.69, 9.17) is 0 Å². The molecule has 1 N–H and O–H groups in total. The number of anilines is 1. The lowest BCUT2D eigenvalue weighted by atomic mass is 9.97. The summed E-state index contributed by atoms with van der Waals surface area (Å²) >= 11 is 0. The Balaban J connectivity index is 1.62. The van der Waals surface area contributed by atoms with E-state index in [9.17, 15) is 0 Å². The maximum atomic E-state index is 4.64. The number of aromatic nitrogens is 5. The van der Waals surface area contributed by atoms with E-state index in [1.807, 2.05) is 24.5 Å². The van der Waals surface area contributed by atoms with Crippen molar-refractivity contribution >= 4 is 17.0 Å². The smallest absolute Gasteiger partial charge is 0.180 e. The van der Waals surface area contributed by atoms with Gasteiger partial charge in [0.15, 0.2) is 5.65 Å². The number of piperidine rings is 1. The van der Waals surface area contributed by atoms with Crippen molar-refractivity contribution in [1.82, 2.24) is 24.9 Å². The molecule has 0 saturated carbocycles. The second kappa shape index (κ2) is 5.12. The number of aromatic amines is 1. The standard InChI is InChI=1S/C15H16N6/c1-2-11(14-17-7-8-18-14)10-21(9-1)13-4-3-12-15(20-13)19-6-5-16-12/h3-8,11H,1-2,9-10H2,(H,17,18). The summed E-state index contributed by atoms with van der Waals surface area (Å²) in [5, 5.41) is 0. The van der Waals surface area contributed by atoms with Gasteiger partial charge in [0, 0.05) is 43.8 Å². The Morgan fingerprint density at radius 1 is 1.10 bits per heavy atom. The first kappa shape index (κ1) is 12.3. The van der Waals surface area contributed by atoms with Crippen LogP contribution in [0.3, 0.4) is 0 Å². The molecule has 21 heavy (non-hydrogen) atoms. The molecular formula is C15H16N6. The van der Waals surface area contributed by atoms with E-state index < -0.39 is 0 Å². The van der Waals surface area contributed by atoms with Crippen molar-refractivity contribution in [2.45, 2.75) is 18.8 Å². The first-order valence-corrected chi connectivity index (χ1v) is 7.22. The van der Waals surface area contributed by atoms with Crippen LogP contribution in [-0.4, -0.2) is 38.0 Å². The summed E-state index contributed by atoms with van der Waals surface area (Å²) in [6.45, 7) is 1.96. The fraction of sp³-hybridized carbons (Fsp3) is 0.333. The molecule has 0 aromatic carbocycles. The van der Waals surface area contributed by atoms with Crippen LogP contribution in [0.1, 0.15) is 24.6 Å². The first-order chi connectivity index (χ1) is 10.4. The van der Waals surface area contributed by atoms with E-state index in [1.54, 1.807) is 12.4 Å². The maximum absolute atomic E-state index is 4.64. The topological polar surface area (TPSA) is 70.6 Å². The van der Waals surface area contributed by atoms with E-state index in [0.29, 0.717) is 11.6 Å². The van der Waals surface area contributed by atoms with Crippen LogP contribution in [-0.2, 0) is 0 Å². The largest absolute Gasteiger partial charge is 0.356 e. The highest BCUT2D eigenvalue weighted by Crippen LogP contribution is 2.27. The van der Waals surface area contributed by atoms with E-state index in [1.165, 1.54) is 0 Å².